The summed E-state index contributed by atoms with van der Waals surface area (Å²) in [6.07, 6.45) is 0.997. The van der Waals surface area contributed by atoms with Gasteiger partial charge in [0.25, 0.3) is 0 Å². The standard InChI is InChI=1S/C22H31NO.BrH/c1-16(2)23(17(3)4)14-13-20(19-9-7-6-8-10-19)21-15-18(5)11-12-22(21)24;/h6-12,15-17,20,24H,13-14H2,1-5H3;1H. The predicted octanol–water partition coefficient (Wildman–Crippen LogP) is 5.92. The van der Waals surface area contributed by atoms with Gasteiger partial charge in [-0.1, -0.05) is 48.0 Å². The molecule has 2 nitrogen and oxygen atoms in total. The number of hydrogen-bond acceptors (Lipinski definition) is 2. The molecule has 1 unspecified atom stereocenters. The topological polar surface area (TPSA) is 23.5 Å². The van der Waals surface area contributed by atoms with E-state index in [1.54, 1.807) is 0 Å². The van der Waals surface area contributed by atoms with Gasteiger partial charge in [0.1, 0.15) is 5.75 Å². The molecule has 0 aromatic heterocycles. The monoisotopic (exact) mass is 405 g/mol. The molecule has 0 aliphatic rings. The minimum Gasteiger partial charge on any atom is -0.508 e. The Labute approximate surface area is 163 Å². The quantitative estimate of drug-likeness (QED) is 0.617. The Bertz CT molecular complexity index is 632. The van der Waals surface area contributed by atoms with Gasteiger partial charge < -0.3 is 5.11 Å². The van der Waals surface area contributed by atoms with Gasteiger partial charge in [0.2, 0.25) is 0 Å². The maximum atomic E-state index is 10.4. The third-order valence-corrected chi connectivity index (χ3v) is 4.76. The van der Waals surface area contributed by atoms with Crippen LogP contribution in [0.5, 0.6) is 5.75 Å². The second-order valence-corrected chi connectivity index (χ2v) is 7.24. The number of nitrogens with zero attached hydrogens (tertiary/aromatic N) is 1. The van der Waals surface area contributed by atoms with E-state index in [0.29, 0.717) is 17.8 Å². The molecular formula is C22H32BrNO. The van der Waals surface area contributed by atoms with Crippen molar-refractivity contribution in [3.05, 3.63) is 65.2 Å². The zero-order valence-electron chi connectivity index (χ0n) is 16.1. The fourth-order valence-corrected chi connectivity index (χ4v) is 3.53. The lowest BCUT2D eigenvalue weighted by atomic mass is 9.87. The molecule has 0 aliphatic carbocycles. The summed E-state index contributed by atoms with van der Waals surface area (Å²) in [4.78, 5) is 2.52. The number of hydrogen-bond donors (Lipinski definition) is 1. The van der Waals surface area contributed by atoms with Crippen molar-refractivity contribution in [3.63, 3.8) is 0 Å². The normalized spacial score (nSPS) is 12.5. The van der Waals surface area contributed by atoms with Crippen molar-refractivity contribution in [2.45, 2.75) is 59.0 Å². The maximum absolute atomic E-state index is 10.4. The summed E-state index contributed by atoms with van der Waals surface area (Å²) in [5.74, 6) is 0.612. The van der Waals surface area contributed by atoms with Crippen LogP contribution in [0.4, 0.5) is 0 Å². The van der Waals surface area contributed by atoms with E-state index in [-0.39, 0.29) is 22.9 Å². The predicted molar refractivity (Wildman–Crippen MR) is 113 cm³/mol. The van der Waals surface area contributed by atoms with Crippen LogP contribution in [0.3, 0.4) is 0 Å². The summed E-state index contributed by atoms with van der Waals surface area (Å²) < 4.78 is 0. The van der Waals surface area contributed by atoms with E-state index in [1.165, 1.54) is 11.1 Å². The Morgan fingerprint density at radius 2 is 1.52 bits per heavy atom. The molecule has 2 aromatic carbocycles. The smallest absolute Gasteiger partial charge is 0.119 e. The molecule has 2 rings (SSSR count). The second kappa shape index (κ2) is 9.98. The van der Waals surface area contributed by atoms with Crippen LogP contribution in [-0.2, 0) is 0 Å². The number of halogens is 1. The second-order valence-electron chi connectivity index (χ2n) is 7.24. The molecule has 1 N–H and O–H groups in total. The number of benzene rings is 2. The number of aromatic hydroxyl groups is 1. The van der Waals surface area contributed by atoms with Crippen molar-refractivity contribution < 1.29 is 5.11 Å². The first-order chi connectivity index (χ1) is 11.4. The zero-order chi connectivity index (χ0) is 17.7. The molecule has 25 heavy (non-hydrogen) atoms. The first-order valence-corrected chi connectivity index (χ1v) is 9.00. The van der Waals surface area contributed by atoms with E-state index in [0.717, 1.165) is 18.5 Å². The number of phenols is 1. The lowest BCUT2D eigenvalue weighted by Crippen LogP contribution is -2.38. The highest BCUT2D eigenvalue weighted by Gasteiger charge is 2.21. The minimum atomic E-state index is 0. The summed E-state index contributed by atoms with van der Waals surface area (Å²) in [6.45, 7) is 12.1. The molecule has 0 saturated carbocycles. The van der Waals surface area contributed by atoms with Gasteiger partial charge >= 0.3 is 0 Å². The van der Waals surface area contributed by atoms with Crippen LogP contribution in [0.1, 0.15) is 56.7 Å². The molecule has 138 valence electrons. The molecule has 0 heterocycles. The fraction of sp³-hybridized carbons (Fsp3) is 0.455. The van der Waals surface area contributed by atoms with Crippen molar-refractivity contribution in [2.75, 3.05) is 6.54 Å². The van der Waals surface area contributed by atoms with E-state index in [9.17, 15) is 5.11 Å². The van der Waals surface area contributed by atoms with E-state index in [1.807, 2.05) is 18.2 Å². The van der Waals surface area contributed by atoms with E-state index < -0.39 is 0 Å². The van der Waals surface area contributed by atoms with Gasteiger partial charge in [0.15, 0.2) is 0 Å². The highest BCUT2D eigenvalue weighted by atomic mass is 79.9. The molecule has 0 aliphatic heterocycles. The number of phenolic OH excluding ortho intramolecular Hbond substituents is 1. The molecular weight excluding hydrogens is 374 g/mol. The molecule has 0 radical (unpaired) electrons. The molecule has 2 aromatic rings. The Kier molecular flexibility index (Phi) is 8.67. The molecule has 3 heteroatoms. The van der Waals surface area contributed by atoms with Gasteiger partial charge in [-0.25, -0.2) is 0 Å². The van der Waals surface area contributed by atoms with Crippen LogP contribution in [0.2, 0.25) is 0 Å². The van der Waals surface area contributed by atoms with E-state index >= 15 is 0 Å². The molecule has 0 saturated heterocycles. The maximum Gasteiger partial charge on any atom is 0.119 e. The van der Waals surface area contributed by atoms with Crippen LogP contribution in [0.15, 0.2) is 48.5 Å². The van der Waals surface area contributed by atoms with Gasteiger partial charge in [-0.2, -0.15) is 0 Å². The van der Waals surface area contributed by atoms with Gasteiger partial charge in [-0.15, -0.1) is 17.0 Å². The van der Waals surface area contributed by atoms with Crippen LogP contribution in [-0.4, -0.2) is 28.6 Å². The van der Waals surface area contributed by atoms with Crippen LogP contribution >= 0.6 is 17.0 Å². The van der Waals surface area contributed by atoms with Crippen molar-refractivity contribution in [2.24, 2.45) is 0 Å². The molecule has 0 spiro atoms. The van der Waals surface area contributed by atoms with Crippen molar-refractivity contribution in [3.8, 4) is 5.75 Å². The molecule has 0 bridgehead atoms. The number of rotatable bonds is 7. The average molecular weight is 406 g/mol. The van der Waals surface area contributed by atoms with Crippen LogP contribution in [0.25, 0.3) is 0 Å². The Balaban J connectivity index is 0.00000312. The van der Waals surface area contributed by atoms with E-state index in [4.69, 9.17) is 0 Å². The van der Waals surface area contributed by atoms with Crippen molar-refractivity contribution in [1.82, 2.24) is 4.90 Å². The largest absolute Gasteiger partial charge is 0.508 e. The lowest BCUT2D eigenvalue weighted by Gasteiger charge is -2.32. The molecule has 0 amide bonds. The highest BCUT2D eigenvalue weighted by molar-refractivity contribution is 8.93. The summed E-state index contributed by atoms with van der Waals surface area (Å²) in [7, 11) is 0. The van der Waals surface area contributed by atoms with Crippen molar-refractivity contribution in [1.29, 1.82) is 0 Å². The first kappa shape index (κ1) is 21.7. The van der Waals surface area contributed by atoms with Gasteiger partial charge in [0.05, 0.1) is 0 Å². The Morgan fingerprint density at radius 3 is 2.08 bits per heavy atom. The van der Waals surface area contributed by atoms with Gasteiger partial charge in [-0.3, -0.25) is 4.90 Å². The first-order valence-electron chi connectivity index (χ1n) is 9.00. The SMILES string of the molecule is Br.Cc1ccc(O)c(C(CCN(C(C)C)C(C)C)c2ccccc2)c1. The zero-order valence-corrected chi connectivity index (χ0v) is 17.8. The lowest BCUT2D eigenvalue weighted by molar-refractivity contribution is 0.170. The van der Waals surface area contributed by atoms with Crippen molar-refractivity contribution >= 4 is 17.0 Å². The van der Waals surface area contributed by atoms with Gasteiger partial charge in [0, 0.05) is 23.6 Å². The molecule has 1 atom stereocenters. The summed E-state index contributed by atoms with van der Waals surface area (Å²) >= 11 is 0. The third kappa shape index (κ3) is 5.86. The average Bonchev–Trinajstić information content (AvgIpc) is 2.54. The number of aryl methyl sites for hydroxylation is 1. The van der Waals surface area contributed by atoms with Gasteiger partial charge in [-0.05, 0) is 59.2 Å². The Hall–Kier alpha value is -1.32. The highest BCUT2D eigenvalue weighted by Crippen LogP contribution is 2.35. The third-order valence-electron chi connectivity index (χ3n) is 4.76. The van der Waals surface area contributed by atoms with Crippen LogP contribution in [0, 0.1) is 6.92 Å². The Morgan fingerprint density at radius 1 is 0.920 bits per heavy atom. The summed E-state index contributed by atoms with van der Waals surface area (Å²) in [6, 6.07) is 17.5. The fourth-order valence-electron chi connectivity index (χ4n) is 3.53. The summed E-state index contributed by atoms with van der Waals surface area (Å²) in [5.41, 5.74) is 3.49. The minimum absolute atomic E-state index is 0. The van der Waals surface area contributed by atoms with E-state index in [2.05, 4.69) is 69.9 Å². The summed E-state index contributed by atoms with van der Waals surface area (Å²) in [5, 5.41) is 10.4. The van der Waals surface area contributed by atoms with Crippen LogP contribution < -0.4 is 0 Å². The molecule has 0 fully saturated rings.